The number of aromatic nitrogens is 2. The van der Waals surface area contributed by atoms with Crippen molar-refractivity contribution in [3.05, 3.63) is 36.5 Å². The van der Waals surface area contributed by atoms with Crippen LogP contribution in [-0.2, 0) is 7.05 Å². The van der Waals surface area contributed by atoms with Crippen molar-refractivity contribution < 1.29 is 0 Å². The summed E-state index contributed by atoms with van der Waals surface area (Å²) in [5.41, 5.74) is 8.03. The largest absolute Gasteiger partial charge is 0.384 e. The predicted molar refractivity (Wildman–Crippen MR) is 62.6 cm³/mol. The maximum atomic E-state index is 5.69. The Morgan fingerprint density at radius 1 is 1.13 bits per heavy atom. The van der Waals surface area contributed by atoms with E-state index in [1.165, 1.54) is 10.9 Å². The summed E-state index contributed by atoms with van der Waals surface area (Å²) in [5, 5.41) is 2.38. The molecule has 3 heteroatoms. The smallest absolute Gasteiger partial charge is 0.125 e. The van der Waals surface area contributed by atoms with E-state index in [0.717, 1.165) is 10.9 Å². The summed E-state index contributed by atoms with van der Waals surface area (Å²) >= 11 is 0. The van der Waals surface area contributed by atoms with Gasteiger partial charge in [-0.15, -0.1) is 0 Å². The molecule has 0 amide bonds. The molecule has 0 aliphatic rings. The van der Waals surface area contributed by atoms with Gasteiger partial charge >= 0.3 is 0 Å². The van der Waals surface area contributed by atoms with Gasteiger partial charge in [-0.1, -0.05) is 18.2 Å². The molecule has 0 bridgehead atoms. The van der Waals surface area contributed by atoms with Gasteiger partial charge in [-0.3, -0.25) is 0 Å². The standard InChI is InChI=1S/C12H11N3/c1-15-10-5-3-2-4-8(10)9-7-14-12(13)6-11(9)15/h2-7H,1H3,(H2,13,14). The molecule has 2 N–H and O–H groups in total. The van der Waals surface area contributed by atoms with Gasteiger partial charge in [0.25, 0.3) is 0 Å². The van der Waals surface area contributed by atoms with Crippen molar-refractivity contribution in [2.75, 3.05) is 5.73 Å². The zero-order valence-electron chi connectivity index (χ0n) is 8.44. The topological polar surface area (TPSA) is 43.8 Å². The number of nitrogen functional groups attached to an aromatic ring is 1. The van der Waals surface area contributed by atoms with Crippen LogP contribution in [0.5, 0.6) is 0 Å². The number of benzene rings is 1. The van der Waals surface area contributed by atoms with Crippen molar-refractivity contribution in [1.29, 1.82) is 0 Å². The zero-order chi connectivity index (χ0) is 10.4. The molecule has 3 nitrogen and oxygen atoms in total. The second kappa shape index (κ2) is 2.73. The molecule has 2 heterocycles. The molecule has 0 spiro atoms. The van der Waals surface area contributed by atoms with E-state index in [1.54, 1.807) is 0 Å². The summed E-state index contributed by atoms with van der Waals surface area (Å²) in [6.45, 7) is 0. The van der Waals surface area contributed by atoms with Gasteiger partial charge in [-0.25, -0.2) is 4.98 Å². The number of aryl methyl sites for hydroxylation is 1. The molecule has 3 aromatic rings. The van der Waals surface area contributed by atoms with E-state index >= 15 is 0 Å². The number of anilines is 1. The monoisotopic (exact) mass is 197 g/mol. The molecule has 3 rings (SSSR count). The van der Waals surface area contributed by atoms with Gasteiger partial charge < -0.3 is 10.3 Å². The summed E-state index contributed by atoms with van der Waals surface area (Å²) in [7, 11) is 2.05. The first-order valence-electron chi connectivity index (χ1n) is 4.86. The van der Waals surface area contributed by atoms with Gasteiger partial charge in [0.1, 0.15) is 5.82 Å². The van der Waals surface area contributed by atoms with Crippen LogP contribution in [0.15, 0.2) is 36.5 Å². The van der Waals surface area contributed by atoms with Crippen molar-refractivity contribution in [3.8, 4) is 0 Å². The molecule has 0 aliphatic carbocycles. The minimum atomic E-state index is 0.563. The minimum Gasteiger partial charge on any atom is -0.384 e. The first kappa shape index (κ1) is 8.29. The second-order valence-corrected chi connectivity index (χ2v) is 3.70. The third-order valence-electron chi connectivity index (χ3n) is 2.82. The van der Waals surface area contributed by atoms with Crippen molar-refractivity contribution in [2.45, 2.75) is 0 Å². The number of para-hydroxylation sites is 1. The zero-order valence-corrected chi connectivity index (χ0v) is 8.44. The number of hydrogen-bond acceptors (Lipinski definition) is 2. The van der Waals surface area contributed by atoms with E-state index in [1.807, 2.05) is 31.4 Å². The van der Waals surface area contributed by atoms with Crippen LogP contribution in [0.25, 0.3) is 21.8 Å². The van der Waals surface area contributed by atoms with Crippen LogP contribution in [0.2, 0.25) is 0 Å². The summed E-state index contributed by atoms with van der Waals surface area (Å²) in [6.07, 6.45) is 1.84. The Labute approximate surface area is 87.1 Å². The van der Waals surface area contributed by atoms with Gasteiger partial charge in [-0.05, 0) is 6.07 Å². The second-order valence-electron chi connectivity index (χ2n) is 3.70. The number of nitrogens with two attached hydrogens (primary N) is 1. The van der Waals surface area contributed by atoms with Gasteiger partial charge in [0, 0.05) is 35.6 Å². The summed E-state index contributed by atoms with van der Waals surface area (Å²) < 4.78 is 2.14. The highest BCUT2D eigenvalue weighted by Gasteiger charge is 2.07. The lowest BCUT2D eigenvalue weighted by atomic mass is 10.2. The molecule has 0 atom stereocenters. The average molecular weight is 197 g/mol. The maximum absolute atomic E-state index is 5.69. The lowest BCUT2D eigenvalue weighted by molar-refractivity contribution is 1.01. The van der Waals surface area contributed by atoms with E-state index in [4.69, 9.17) is 5.73 Å². The number of fused-ring (bicyclic) bond motifs is 3. The molecular weight excluding hydrogens is 186 g/mol. The third-order valence-corrected chi connectivity index (χ3v) is 2.82. The Morgan fingerprint density at radius 3 is 2.80 bits per heavy atom. The van der Waals surface area contributed by atoms with Gasteiger partial charge in [0.15, 0.2) is 0 Å². The summed E-state index contributed by atoms with van der Waals surface area (Å²) in [4.78, 5) is 4.14. The first-order valence-corrected chi connectivity index (χ1v) is 4.86. The number of nitrogens with zero attached hydrogens (tertiary/aromatic N) is 2. The van der Waals surface area contributed by atoms with Gasteiger partial charge in [-0.2, -0.15) is 0 Å². The fourth-order valence-electron chi connectivity index (χ4n) is 2.07. The predicted octanol–water partition coefficient (Wildman–Crippen LogP) is 2.31. The van der Waals surface area contributed by atoms with E-state index in [-0.39, 0.29) is 0 Å². The average Bonchev–Trinajstić information content (AvgIpc) is 2.54. The SMILES string of the molecule is Cn1c2ccccc2c2cnc(N)cc21. The lowest BCUT2D eigenvalue weighted by Gasteiger charge is -1.97. The van der Waals surface area contributed by atoms with Crippen molar-refractivity contribution in [3.63, 3.8) is 0 Å². The lowest BCUT2D eigenvalue weighted by Crippen LogP contribution is -1.91. The van der Waals surface area contributed by atoms with Crippen LogP contribution in [-0.4, -0.2) is 9.55 Å². The highest BCUT2D eigenvalue weighted by Crippen LogP contribution is 2.27. The molecule has 15 heavy (non-hydrogen) atoms. The fraction of sp³-hybridized carbons (Fsp3) is 0.0833. The first-order chi connectivity index (χ1) is 7.27. The van der Waals surface area contributed by atoms with Gasteiger partial charge in [0.05, 0.1) is 5.52 Å². The molecular formula is C12H11N3. The number of pyridine rings is 1. The van der Waals surface area contributed by atoms with Crippen molar-refractivity contribution in [2.24, 2.45) is 7.05 Å². The Kier molecular flexibility index (Phi) is 1.51. The van der Waals surface area contributed by atoms with E-state index in [9.17, 15) is 0 Å². The van der Waals surface area contributed by atoms with E-state index in [2.05, 4.69) is 21.7 Å². The Hall–Kier alpha value is -2.03. The number of hydrogen-bond donors (Lipinski definition) is 1. The quantitative estimate of drug-likeness (QED) is 0.601. The molecule has 1 aromatic carbocycles. The van der Waals surface area contributed by atoms with Crippen LogP contribution < -0.4 is 5.73 Å². The van der Waals surface area contributed by atoms with Crippen LogP contribution in [0.3, 0.4) is 0 Å². The maximum Gasteiger partial charge on any atom is 0.125 e. The Morgan fingerprint density at radius 2 is 1.93 bits per heavy atom. The molecule has 2 aromatic heterocycles. The van der Waals surface area contributed by atoms with Crippen molar-refractivity contribution >= 4 is 27.6 Å². The molecule has 0 radical (unpaired) electrons. The van der Waals surface area contributed by atoms with Crippen LogP contribution in [0, 0.1) is 0 Å². The fourth-order valence-corrected chi connectivity index (χ4v) is 2.07. The van der Waals surface area contributed by atoms with Crippen molar-refractivity contribution in [1.82, 2.24) is 9.55 Å². The van der Waals surface area contributed by atoms with Gasteiger partial charge in [0.2, 0.25) is 0 Å². The third kappa shape index (κ3) is 1.03. The molecule has 0 saturated heterocycles. The molecule has 0 saturated carbocycles. The van der Waals surface area contributed by atoms with Crippen LogP contribution in [0.1, 0.15) is 0 Å². The van der Waals surface area contributed by atoms with Crippen LogP contribution >= 0.6 is 0 Å². The number of rotatable bonds is 0. The normalized spacial score (nSPS) is 11.3. The summed E-state index contributed by atoms with van der Waals surface area (Å²) in [5.74, 6) is 0.563. The van der Waals surface area contributed by atoms with E-state index in [0.29, 0.717) is 5.82 Å². The van der Waals surface area contributed by atoms with Crippen LogP contribution in [0.4, 0.5) is 5.82 Å². The highest BCUT2D eigenvalue weighted by atomic mass is 14.9. The minimum absolute atomic E-state index is 0.563. The highest BCUT2D eigenvalue weighted by molar-refractivity contribution is 6.07. The Bertz CT molecular complexity index is 652. The molecule has 0 aliphatic heterocycles. The van der Waals surface area contributed by atoms with E-state index < -0.39 is 0 Å². The Balaban J connectivity index is 2.63. The molecule has 0 fully saturated rings. The molecule has 74 valence electrons. The summed E-state index contributed by atoms with van der Waals surface area (Å²) in [6, 6.07) is 10.2. The molecule has 0 unspecified atom stereocenters.